The number of halogens is 1. The molecule has 110 valence electrons. The third-order valence-corrected chi connectivity index (χ3v) is 4.45. The predicted molar refractivity (Wildman–Crippen MR) is 90.1 cm³/mol. The summed E-state index contributed by atoms with van der Waals surface area (Å²) in [4.78, 5) is 9.20. The number of aryl methyl sites for hydroxylation is 1. The van der Waals surface area contributed by atoms with E-state index in [1.54, 1.807) is 0 Å². The molecule has 1 aliphatic rings. The van der Waals surface area contributed by atoms with Gasteiger partial charge in [0.2, 0.25) is 0 Å². The molecule has 0 amide bonds. The number of hydrogen-bond acceptors (Lipinski definition) is 5. The summed E-state index contributed by atoms with van der Waals surface area (Å²) < 4.78 is 12.2. The van der Waals surface area contributed by atoms with E-state index in [2.05, 4.69) is 44.8 Å². The quantitative estimate of drug-likeness (QED) is 0.806. The molecule has 1 aliphatic heterocycles. The molecule has 3 rings (SSSR count). The third kappa shape index (κ3) is 2.90. The molecular formula is C15H16IN3O2. The van der Waals surface area contributed by atoms with Crippen molar-refractivity contribution in [3.05, 3.63) is 27.5 Å². The van der Waals surface area contributed by atoms with E-state index in [0.29, 0.717) is 19.0 Å². The summed E-state index contributed by atoms with van der Waals surface area (Å²) in [6.45, 7) is 6.04. The fraction of sp³-hybridized carbons (Fsp3) is 0.333. The van der Waals surface area contributed by atoms with Gasteiger partial charge in [-0.3, -0.25) is 0 Å². The zero-order chi connectivity index (χ0) is 14.8. The summed E-state index contributed by atoms with van der Waals surface area (Å²) in [5.74, 6) is 3.10. The molecule has 1 aromatic carbocycles. The molecule has 0 bridgehead atoms. The van der Waals surface area contributed by atoms with E-state index in [-0.39, 0.29) is 0 Å². The highest BCUT2D eigenvalue weighted by Crippen LogP contribution is 2.34. The van der Waals surface area contributed by atoms with Crippen LogP contribution in [-0.4, -0.2) is 29.7 Å². The molecule has 2 heterocycles. The van der Waals surface area contributed by atoms with Crippen LogP contribution in [0.1, 0.15) is 12.6 Å². The van der Waals surface area contributed by atoms with Crippen LogP contribution >= 0.6 is 22.6 Å². The average Bonchev–Trinajstić information content (AvgIpc) is 2.51. The van der Waals surface area contributed by atoms with E-state index in [1.807, 2.05) is 25.1 Å². The minimum absolute atomic E-state index is 0.575. The molecule has 2 aromatic rings. The van der Waals surface area contributed by atoms with Crippen molar-refractivity contribution in [1.82, 2.24) is 9.97 Å². The first-order valence-corrected chi connectivity index (χ1v) is 7.95. The number of aromatic nitrogens is 2. The summed E-state index contributed by atoms with van der Waals surface area (Å²) >= 11 is 2.27. The summed E-state index contributed by atoms with van der Waals surface area (Å²) in [6, 6.07) is 5.81. The highest BCUT2D eigenvalue weighted by molar-refractivity contribution is 14.1. The number of benzene rings is 1. The van der Waals surface area contributed by atoms with E-state index in [0.717, 1.165) is 38.7 Å². The number of rotatable bonds is 3. The molecule has 0 unspecified atom stereocenters. The number of nitrogens with zero attached hydrogens (tertiary/aromatic N) is 2. The molecule has 0 atom stereocenters. The van der Waals surface area contributed by atoms with Crippen LogP contribution in [0.4, 0.5) is 5.82 Å². The maximum atomic E-state index is 5.62. The standard InChI is InChI=1S/C15H16IN3O2/c1-3-17-15-13(16)9(2)18-14(19-15)10-4-5-11-12(8-10)21-7-6-20-11/h4-5,8H,3,6-7H2,1-2H3,(H,17,18,19). The first-order valence-electron chi connectivity index (χ1n) is 6.87. The van der Waals surface area contributed by atoms with Crippen molar-refractivity contribution in [2.24, 2.45) is 0 Å². The lowest BCUT2D eigenvalue weighted by Crippen LogP contribution is -2.15. The number of fused-ring (bicyclic) bond motifs is 1. The van der Waals surface area contributed by atoms with Crippen molar-refractivity contribution >= 4 is 28.4 Å². The van der Waals surface area contributed by atoms with E-state index < -0.39 is 0 Å². The number of nitrogens with one attached hydrogen (secondary N) is 1. The van der Waals surface area contributed by atoms with Crippen molar-refractivity contribution < 1.29 is 9.47 Å². The Hall–Kier alpha value is -1.57. The number of ether oxygens (including phenoxy) is 2. The van der Waals surface area contributed by atoms with Crippen LogP contribution < -0.4 is 14.8 Å². The van der Waals surface area contributed by atoms with Crippen LogP contribution in [0.3, 0.4) is 0 Å². The maximum absolute atomic E-state index is 5.62. The Morgan fingerprint density at radius 3 is 2.71 bits per heavy atom. The fourth-order valence-corrected chi connectivity index (χ4v) is 2.59. The van der Waals surface area contributed by atoms with Gasteiger partial charge in [-0.1, -0.05) is 0 Å². The fourth-order valence-electron chi connectivity index (χ4n) is 2.16. The Balaban J connectivity index is 2.03. The van der Waals surface area contributed by atoms with Gasteiger partial charge in [0, 0.05) is 12.1 Å². The van der Waals surface area contributed by atoms with Gasteiger partial charge in [-0.05, 0) is 54.6 Å². The highest BCUT2D eigenvalue weighted by Gasteiger charge is 2.15. The molecule has 0 aliphatic carbocycles. The summed E-state index contributed by atoms with van der Waals surface area (Å²) in [5.41, 5.74) is 1.89. The molecule has 0 radical (unpaired) electrons. The Kier molecular flexibility index (Phi) is 4.14. The number of anilines is 1. The molecule has 0 saturated carbocycles. The monoisotopic (exact) mass is 397 g/mol. The SMILES string of the molecule is CCNc1nc(-c2ccc3c(c2)OCCO3)nc(C)c1I. The van der Waals surface area contributed by atoms with E-state index in [1.165, 1.54) is 0 Å². The largest absolute Gasteiger partial charge is 0.486 e. The van der Waals surface area contributed by atoms with E-state index in [9.17, 15) is 0 Å². The zero-order valence-corrected chi connectivity index (χ0v) is 14.1. The van der Waals surface area contributed by atoms with Crippen molar-refractivity contribution in [1.29, 1.82) is 0 Å². The van der Waals surface area contributed by atoms with Crippen LogP contribution in [0.5, 0.6) is 11.5 Å². The van der Waals surface area contributed by atoms with E-state index in [4.69, 9.17) is 9.47 Å². The van der Waals surface area contributed by atoms with Gasteiger partial charge in [0.05, 0.1) is 9.26 Å². The third-order valence-electron chi connectivity index (χ3n) is 3.16. The van der Waals surface area contributed by atoms with Crippen LogP contribution in [-0.2, 0) is 0 Å². The van der Waals surface area contributed by atoms with Crippen LogP contribution in [0.15, 0.2) is 18.2 Å². The Morgan fingerprint density at radius 2 is 1.95 bits per heavy atom. The Labute approximate surface area is 137 Å². The predicted octanol–water partition coefficient (Wildman–Crippen LogP) is 3.26. The smallest absolute Gasteiger partial charge is 0.162 e. The second-order valence-corrected chi connectivity index (χ2v) is 5.76. The zero-order valence-electron chi connectivity index (χ0n) is 11.9. The van der Waals surface area contributed by atoms with Crippen molar-refractivity contribution in [3.63, 3.8) is 0 Å². The molecule has 21 heavy (non-hydrogen) atoms. The van der Waals surface area contributed by atoms with Crippen molar-refractivity contribution in [2.75, 3.05) is 25.1 Å². The van der Waals surface area contributed by atoms with Gasteiger partial charge in [-0.15, -0.1) is 0 Å². The molecule has 0 saturated heterocycles. The minimum atomic E-state index is 0.575. The molecule has 1 aromatic heterocycles. The van der Waals surface area contributed by atoms with Crippen LogP contribution in [0.2, 0.25) is 0 Å². The molecule has 6 heteroatoms. The van der Waals surface area contributed by atoms with Gasteiger partial charge in [-0.2, -0.15) is 0 Å². The van der Waals surface area contributed by atoms with Crippen molar-refractivity contribution in [2.45, 2.75) is 13.8 Å². The topological polar surface area (TPSA) is 56.3 Å². The van der Waals surface area contributed by atoms with Gasteiger partial charge in [-0.25, -0.2) is 9.97 Å². The lowest BCUT2D eigenvalue weighted by atomic mass is 10.1. The minimum Gasteiger partial charge on any atom is -0.486 e. The molecule has 5 nitrogen and oxygen atoms in total. The second kappa shape index (κ2) is 6.05. The van der Waals surface area contributed by atoms with E-state index >= 15 is 0 Å². The average molecular weight is 397 g/mol. The second-order valence-electron chi connectivity index (χ2n) is 4.68. The first-order chi connectivity index (χ1) is 10.2. The van der Waals surface area contributed by atoms with Crippen LogP contribution in [0, 0.1) is 10.5 Å². The Morgan fingerprint density at radius 1 is 1.19 bits per heavy atom. The van der Waals surface area contributed by atoms with Gasteiger partial charge in [0.1, 0.15) is 19.0 Å². The molecule has 0 spiro atoms. The highest BCUT2D eigenvalue weighted by atomic mass is 127. The van der Waals surface area contributed by atoms with Gasteiger partial charge < -0.3 is 14.8 Å². The Bertz CT molecular complexity index is 676. The first kappa shape index (κ1) is 14.4. The number of hydrogen-bond donors (Lipinski definition) is 1. The van der Waals surface area contributed by atoms with Gasteiger partial charge in [0.25, 0.3) is 0 Å². The summed E-state index contributed by atoms with van der Waals surface area (Å²) in [6.07, 6.45) is 0. The maximum Gasteiger partial charge on any atom is 0.162 e. The van der Waals surface area contributed by atoms with Gasteiger partial charge >= 0.3 is 0 Å². The summed E-state index contributed by atoms with van der Waals surface area (Å²) in [5, 5.41) is 3.27. The van der Waals surface area contributed by atoms with Crippen molar-refractivity contribution in [3.8, 4) is 22.9 Å². The van der Waals surface area contributed by atoms with Gasteiger partial charge in [0.15, 0.2) is 17.3 Å². The molecule has 1 N–H and O–H groups in total. The normalized spacial score (nSPS) is 13.1. The molecule has 0 fully saturated rings. The molecular weight excluding hydrogens is 381 g/mol. The lowest BCUT2D eigenvalue weighted by Gasteiger charge is -2.19. The lowest BCUT2D eigenvalue weighted by molar-refractivity contribution is 0.171. The van der Waals surface area contributed by atoms with Crippen LogP contribution in [0.25, 0.3) is 11.4 Å². The summed E-state index contributed by atoms with van der Waals surface area (Å²) in [7, 11) is 0.